The topological polar surface area (TPSA) is 102 Å². The summed E-state index contributed by atoms with van der Waals surface area (Å²) in [6, 6.07) is 6.10. The summed E-state index contributed by atoms with van der Waals surface area (Å²) in [4.78, 5) is 21.9. The van der Waals surface area contributed by atoms with Crippen LogP contribution in [0.5, 0.6) is 0 Å². The van der Waals surface area contributed by atoms with E-state index in [1.807, 2.05) is 0 Å². The van der Waals surface area contributed by atoms with Crippen molar-refractivity contribution >= 4 is 17.9 Å². The fourth-order valence-corrected chi connectivity index (χ4v) is 1.76. The second-order valence-electron chi connectivity index (χ2n) is 4.82. The predicted molar refractivity (Wildman–Crippen MR) is 76.4 cm³/mol. The molecule has 0 saturated heterocycles. The number of non-ortho nitro benzene ring substituents is 1. The van der Waals surface area contributed by atoms with Gasteiger partial charge in [0.25, 0.3) is 5.69 Å². The van der Waals surface area contributed by atoms with E-state index in [1.165, 1.54) is 12.1 Å². The van der Waals surface area contributed by atoms with E-state index < -0.39 is 16.8 Å². The van der Waals surface area contributed by atoms with Crippen LogP contribution < -0.4 is 0 Å². The molecule has 0 aromatic heterocycles. The molecule has 1 unspecified atom stereocenters. The standard InChI is InChI=1S/C14H18N2O5/c1-10(2)21-14(17)12(9-15-18)6-3-11-4-7-13(8-5-11)16(19)20/h4-5,7-10,12,18H,3,6H2,1-2H3/b15-9-. The van der Waals surface area contributed by atoms with Crippen LogP contribution in [0.3, 0.4) is 0 Å². The molecule has 0 spiro atoms. The number of carbonyl (C=O) groups excluding carboxylic acids is 1. The molecule has 1 aromatic rings. The van der Waals surface area contributed by atoms with E-state index >= 15 is 0 Å². The lowest BCUT2D eigenvalue weighted by Crippen LogP contribution is -2.23. The average molecular weight is 294 g/mol. The third-order valence-corrected chi connectivity index (χ3v) is 2.79. The lowest BCUT2D eigenvalue weighted by atomic mass is 10.0. The summed E-state index contributed by atoms with van der Waals surface area (Å²) in [5.41, 5.74) is 0.876. The fourth-order valence-electron chi connectivity index (χ4n) is 1.76. The van der Waals surface area contributed by atoms with E-state index in [-0.39, 0.29) is 11.8 Å². The largest absolute Gasteiger partial charge is 0.462 e. The third-order valence-electron chi connectivity index (χ3n) is 2.79. The maximum atomic E-state index is 11.8. The number of nitro benzene ring substituents is 1. The Morgan fingerprint density at radius 2 is 2.05 bits per heavy atom. The molecule has 114 valence electrons. The molecule has 0 aliphatic carbocycles. The molecule has 1 N–H and O–H groups in total. The van der Waals surface area contributed by atoms with Gasteiger partial charge in [-0.15, -0.1) is 5.16 Å². The van der Waals surface area contributed by atoms with Crippen molar-refractivity contribution in [2.75, 3.05) is 0 Å². The van der Waals surface area contributed by atoms with Gasteiger partial charge in [0, 0.05) is 12.1 Å². The Balaban J connectivity index is 2.64. The molecule has 0 amide bonds. The number of hydrogen-bond acceptors (Lipinski definition) is 6. The molecule has 7 nitrogen and oxygen atoms in total. The van der Waals surface area contributed by atoms with Crippen molar-refractivity contribution in [3.05, 3.63) is 39.9 Å². The van der Waals surface area contributed by atoms with Gasteiger partial charge in [0.1, 0.15) is 0 Å². The summed E-state index contributed by atoms with van der Waals surface area (Å²) < 4.78 is 5.07. The molecule has 21 heavy (non-hydrogen) atoms. The van der Waals surface area contributed by atoms with Crippen LogP contribution in [0.15, 0.2) is 29.4 Å². The van der Waals surface area contributed by atoms with Gasteiger partial charge in [-0.1, -0.05) is 12.1 Å². The zero-order valence-electron chi connectivity index (χ0n) is 11.9. The smallest absolute Gasteiger partial charge is 0.314 e. The Labute approximate surface area is 122 Å². The number of nitrogens with zero attached hydrogens (tertiary/aromatic N) is 2. The van der Waals surface area contributed by atoms with Gasteiger partial charge in [0.15, 0.2) is 0 Å². The van der Waals surface area contributed by atoms with Gasteiger partial charge in [0.2, 0.25) is 0 Å². The van der Waals surface area contributed by atoms with Crippen molar-refractivity contribution in [3.63, 3.8) is 0 Å². The van der Waals surface area contributed by atoms with Gasteiger partial charge < -0.3 is 9.94 Å². The molecule has 0 bridgehead atoms. The first-order valence-electron chi connectivity index (χ1n) is 6.55. The minimum absolute atomic E-state index is 0.0199. The van der Waals surface area contributed by atoms with Crippen LogP contribution in [0.2, 0.25) is 0 Å². The SMILES string of the molecule is CC(C)OC(=O)C(/C=N\O)CCc1ccc([N+](=O)[O-])cc1. The quantitative estimate of drug-likeness (QED) is 0.274. The van der Waals surface area contributed by atoms with Crippen LogP contribution in [-0.4, -0.2) is 28.4 Å². The molecule has 1 rings (SSSR count). The van der Waals surface area contributed by atoms with E-state index in [0.29, 0.717) is 12.8 Å². The van der Waals surface area contributed by atoms with Crippen LogP contribution in [-0.2, 0) is 16.0 Å². The molecule has 0 aliphatic rings. The number of ether oxygens (including phenoxy) is 1. The average Bonchev–Trinajstić information content (AvgIpc) is 2.43. The highest BCUT2D eigenvalue weighted by Crippen LogP contribution is 2.15. The Morgan fingerprint density at radius 3 is 2.52 bits per heavy atom. The van der Waals surface area contributed by atoms with Crippen molar-refractivity contribution in [3.8, 4) is 0 Å². The highest BCUT2D eigenvalue weighted by atomic mass is 16.6. The maximum absolute atomic E-state index is 11.8. The molecule has 7 heteroatoms. The van der Waals surface area contributed by atoms with Crippen molar-refractivity contribution in [1.82, 2.24) is 0 Å². The molecule has 0 radical (unpaired) electrons. The second kappa shape index (κ2) is 7.98. The lowest BCUT2D eigenvalue weighted by molar-refractivity contribution is -0.384. The first-order valence-corrected chi connectivity index (χ1v) is 6.55. The third kappa shape index (κ3) is 5.60. The molecular formula is C14H18N2O5. The number of benzene rings is 1. The molecule has 1 aromatic carbocycles. The van der Waals surface area contributed by atoms with Crippen molar-refractivity contribution in [1.29, 1.82) is 0 Å². The molecule has 1 atom stereocenters. The van der Waals surface area contributed by atoms with Gasteiger partial charge in [0.05, 0.1) is 23.2 Å². The highest BCUT2D eigenvalue weighted by molar-refractivity contribution is 5.89. The van der Waals surface area contributed by atoms with E-state index in [2.05, 4.69) is 5.16 Å². The van der Waals surface area contributed by atoms with Crippen molar-refractivity contribution in [2.24, 2.45) is 11.1 Å². The second-order valence-corrected chi connectivity index (χ2v) is 4.82. The summed E-state index contributed by atoms with van der Waals surface area (Å²) in [6.45, 7) is 3.47. The lowest BCUT2D eigenvalue weighted by Gasteiger charge is -2.13. The van der Waals surface area contributed by atoms with Crippen LogP contribution >= 0.6 is 0 Å². The molecule has 0 saturated carbocycles. The molecule has 0 aliphatic heterocycles. The number of hydrogen-bond donors (Lipinski definition) is 1. The zero-order chi connectivity index (χ0) is 15.8. The summed E-state index contributed by atoms with van der Waals surface area (Å²) in [5.74, 6) is -1.10. The van der Waals surface area contributed by atoms with E-state index in [1.54, 1.807) is 26.0 Å². The number of esters is 1. The summed E-state index contributed by atoms with van der Waals surface area (Å²) in [7, 11) is 0. The Morgan fingerprint density at radius 1 is 1.43 bits per heavy atom. The number of aryl methyl sites for hydroxylation is 1. The number of oxime groups is 1. The first kappa shape index (κ1) is 16.6. The summed E-state index contributed by atoms with van der Waals surface area (Å²) in [6.07, 6.45) is 1.80. The Hall–Kier alpha value is -2.44. The van der Waals surface area contributed by atoms with Crippen LogP contribution in [0.1, 0.15) is 25.8 Å². The van der Waals surface area contributed by atoms with Crippen LogP contribution in [0, 0.1) is 16.0 Å². The van der Waals surface area contributed by atoms with Crippen LogP contribution in [0.25, 0.3) is 0 Å². The van der Waals surface area contributed by atoms with E-state index in [0.717, 1.165) is 11.8 Å². The Bertz CT molecular complexity index is 511. The number of nitro groups is 1. The van der Waals surface area contributed by atoms with Gasteiger partial charge in [-0.05, 0) is 32.3 Å². The number of carbonyl (C=O) groups is 1. The van der Waals surface area contributed by atoms with Crippen molar-refractivity contribution < 1.29 is 19.7 Å². The number of rotatable bonds is 7. The van der Waals surface area contributed by atoms with Crippen LogP contribution in [0.4, 0.5) is 5.69 Å². The zero-order valence-corrected chi connectivity index (χ0v) is 11.9. The van der Waals surface area contributed by atoms with Crippen molar-refractivity contribution in [2.45, 2.75) is 32.8 Å². The van der Waals surface area contributed by atoms with E-state index in [9.17, 15) is 14.9 Å². The molecule has 0 heterocycles. The summed E-state index contributed by atoms with van der Waals surface area (Å²) >= 11 is 0. The van der Waals surface area contributed by atoms with Gasteiger partial charge in [-0.3, -0.25) is 14.9 Å². The molecule has 0 fully saturated rings. The fraction of sp³-hybridized carbons (Fsp3) is 0.429. The van der Waals surface area contributed by atoms with Gasteiger partial charge in [-0.25, -0.2) is 0 Å². The minimum Gasteiger partial charge on any atom is -0.462 e. The summed E-state index contributed by atoms with van der Waals surface area (Å²) in [5, 5.41) is 22.1. The predicted octanol–water partition coefficient (Wildman–Crippen LogP) is 2.56. The monoisotopic (exact) mass is 294 g/mol. The highest BCUT2D eigenvalue weighted by Gasteiger charge is 2.19. The normalized spacial score (nSPS) is 12.5. The van der Waals surface area contributed by atoms with E-state index in [4.69, 9.17) is 9.94 Å². The maximum Gasteiger partial charge on any atom is 0.314 e. The van der Waals surface area contributed by atoms with Gasteiger partial charge in [-0.2, -0.15) is 0 Å². The minimum atomic E-state index is -0.646. The Kier molecular flexibility index (Phi) is 6.32. The molecular weight excluding hydrogens is 276 g/mol. The first-order chi connectivity index (χ1) is 9.93. The van der Waals surface area contributed by atoms with Gasteiger partial charge >= 0.3 is 5.97 Å².